The van der Waals surface area contributed by atoms with Crippen molar-refractivity contribution >= 4 is 5.97 Å². The molecule has 1 saturated carbocycles. The van der Waals surface area contributed by atoms with Crippen LogP contribution in [0.25, 0.3) is 0 Å². The summed E-state index contributed by atoms with van der Waals surface area (Å²) in [4.78, 5) is 13.9. The van der Waals surface area contributed by atoms with Crippen molar-refractivity contribution in [3.63, 3.8) is 0 Å². The molecule has 1 aliphatic heterocycles. The molecule has 0 radical (unpaired) electrons. The number of carboxylic acid groups (broad SMARTS) is 1. The molecule has 2 N–H and O–H groups in total. The summed E-state index contributed by atoms with van der Waals surface area (Å²) >= 11 is 0. The van der Waals surface area contributed by atoms with E-state index in [1.54, 1.807) is 7.05 Å². The molecule has 3 unspecified atom stereocenters. The molecule has 1 heterocycles. The molecule has 1 aliphatic carbocycles. The van der Waals surface area contributed by atoms with Crippen LogP contribution in [0, 0.1) is 0 Å². The molecule has 2 rings (SSSR count). The average molecular weight is 256 g/mol. The van der Waals surface area contributed by atoms with Crippen LogP contribution in [0.5, 0.6) is 0 Å². The van der Waals surface area contributed by atoms with Gasteiger partial charge in [0.25, 0.3) is 0 Å². The van der Waals surface area contributed by atoms with Gasteiger partial charge in [-0.3, -0.25) is 9.69 Å². The minimum atomic E-state index is -0.735. The number of carbonyl (C=O) groups is 1. The third-order valence-corrected chi connectivity index (χ3v) is 4.50. The first-order valence-corrected chi connectivity index (χ1v) is 6.85. The van der Waals surface area contributed by atoms with Gasteiger partial charge >= 0.3 is 5.97 Å². The molecule has 2 fully saturated rings. The van der Waals surface area contributed by atoms with Gasteiger partial charge in [-0.2, -0.15) is 0 Å². The van der Waals surface area contributed by atoms with Crippen molar-refractivity contribution < 1.29 is 14.6 Å². The van der Waals surface area contributed by atoms with Crippen LogP contribution in [0.2, 0.25) is 0 Å². The highest BCUT2D eigenvalue weighted by atomic mass is 16.5. The molecule has 5 nitrogen and oxygen atoms in total. The SMILES string of the molecule is CNC1(C(=O)O)CCCC(N2CCOCC2C)C1. The Morgan fingerprint density at radius 2 is 2.33 bits per heavy atom. The van der Waals surface area contributed by atoms with Crippen molar-refractivity contribution in [1.29, 1.82) is 0 Å². The number of hydrogen-bond acceptors (Lipinski definition) is 4. The van der Waals surface area contributed by atoms with Crippen LogP contribution in [0.1, 0.15) is 32.6 Å². The molecule has 0 aromatic rings. The molecular formula is C13H24N2O3. The average Bonchev–Trinajstić information content (AvgIpc) is 2.39. The molecule has 1 saturated heterocycles. The van der Waals surface area contributed by atoms with E-state index in [2.05, 4.69) is 17.1 Å². The van der Waals surface area contributed by atoms with Crippen LogP contribution in [0.3, 0.4) is 0 Å². The maximum atomic E-state index is 11.5. The monoisotopic (exact) mass is 256 g/mol. The van der Waals surface area contributed by atoms with E-state index in [0.717, 1.165) is 39.0 Å². The minimum absolute atomic E-state index is 0.362. The predicted octanol–water partition coefficient (Wildman–Crippen LogP) is 0.693. The number of hydrogen-bond donors (Lipinski definition) is 2. The van der Waals surface area contributed by atoms with Gasteiger partial charge in [0, 0.05) is 18.6 Å². The Bertz CT molecular complexity index is 311. The second-order valence-electron chi connectivity index (χ2n) is 5.55. The molecule has 18 heavy (non-hydrogen) atoms. The maximum absolute atomic E-state index is 11.5. The van der Waals surface area contributed by atoms with Crippen LogP contribution in [-0.2, 0) is 9.53 Å². The zero-order chi connectivity index (χ0) is 13.2. The number of morpholine rings is 1. The third-order valence-electron chi connectivity index (χ3n) is 4.50. The number of nitrogens with zero attached hydrogens (tertiary/aromatic N) is 1. The van der Waals surface area contributed by atoms with Gasteiger partial charge in [-0.15, -0.1) is 0 Å². The summed E-state index contributed by atoms with van der Waals surface area (Å²) in [6.07, 6.45) is 3.50. The number of likely N-dealkylation sites (N-methyl/N-ethyl adjacent to an activating group) is 1. The fourth-order valence-corrected chi connectivity index (χ4v) is 3.34. The van der Waals surface area contributed by atoms with Crippen molar-refractivity contribution in [3.8, 4) is 0 Å². The van der Waals surface area contributed by atoms with E-state index in [4.69, 9.17) is 4.74 Å². The van der Waals surface area contributed by atoms with E-state index in [1.165, 1.54) is 0 Å². The Morgan fingerprint density at radius 3 is 2.94 bits per heavy atom. The largest absolute Gasteiger partial charge is 0.480 e. The molecule has 0 bridgehead atoms. The normalized spacial score (nSPS) is 38.6. The van der Waals surface area contributed by atoms with Crippen molar-refractivity contribution in [2.45, 2.75) is 50.2 Å². The molecule has 0 amide bonds. The number of rotatable bonds is 3. The summed E-state index contributed by atoms with van der Waals surface area (Å²) in [7, 11) is 1.76. The fraction of sp³-hybridized carbons (Fsp3) is 0.923. The summed E-state index contributed by atoms with van der Waals surface area (Å²) in [5.41, 5.74) is -0.735. The van der Waals surface area contributed by atoms with E-state index in [-0.39, 0.29) is 0 Å². The van der Waals surface area contributed by atoms with Gasteiger partial charge in [0.15, 0.2) is 0 Å². The first kappa shape index (κ1) is 13.8. The standard InChI is InChI=1S/C13H24N2O3/c1-10-9-18-7-6-15(10)11-4-3-5-13(8-11,14-2)12(16)17/h10-11,14H,3-9H2,1-2H3,(H,16,17). The third kappa shape index (κ3) is 2.53. The highest BCUT2D eigenvalue weighted by Gasteiger charge is 2.44. The summed E-state index contributed by atoms with van der Waals surface area (Å²) in [6, 6.07) is 0.756. The second-order valence-corrected chi connectivity index (χ2v) is 5.55. The van der Waals surface area contributed by atoms with Crippen LogP contribution in [-0.4, -0.2) is 60.4 Å². The van der Waals surface area contributed by atoms with Gasteiger partial charge in [0.1, 0.15) is 5.54 Å². The zero-order valence-corrected chi connectivity index (χ0v) is 11.3. The Kier molecular flexibility index (Phi) is 4.25. The first-order valence-electron chi connectivity index (χ1n) is 6.85. The maximum Gasteiger partial charge on any atom is 0.323 e. The van der Waals surface area contributed by atoms with Crippen LogP contribution in [0.4, 0.5) is 0 Å². The number of carboxylic acids is 1. The van der Waals surface area contributed by atoms with Gasteiger partial charge in [-0.1, -0.05) is 0 Å². The lowest BCUT2D eigenvalue weighted by molar-refractivity contribution is -0.148. The summed E-state index contributed by atoms with van der Waals surface area (Å²) < 4.78 is 5.45. The Labute approximate surface area is 108 Å². The number of aliphatic carboxylic acids is 1. The molecule has 0 spiro atoms. The van der Waals surface area contributed by atoms with Gasteiger partial charge in [-0.05, 0) is 39.7 Å². The molecule has 104 valence electrons. The van der Waals surface area contributed by atoms with Crippen molar-refractivity contribution in [1.82, 2.24) is 10.2 Å². The minimum Gasteiger partial charge on any atom is -0.480 e. The van der Waals surface area contributed by atoms with E-state index < -0.39 is 11.5 Å². The fourth-order valence-electron chi connectivity index (χ4n) is 3.34. The summed E-state index contributed by atoms with van der Waals surface area (Å²) in [5.74, 6) is -0.712. The van der Waals surface area contributed by atoms with Crippen molar-refractivity contribution in [3.05, 3.63) is 0 Å². The smallest absolute Gasteiger partial charge is 0.323 e. The predicted molar refractivity (Wildman–Crippen MR) is 68.7 cm³/mol. The van der Waals surface area contributed by atoms with Crippen LogP contribution < -0.4 is 5.32 Å². The van der Waals surface area contributed by atoms with Gasteiger partial charge in [0.2, 0.25) is 0 Å². The second kappa shape index (κ2) is 5.55. The lowest BCUT2D eigenvalue weighted by Gasteiger charge is -2.46. The van der Waals surface area contributed by atoms with E-state index in [1.807, 2.05) is 0 Å². The Hall–Kier alpha value is -0.650. The molecular weight excluding hydrogens is 232 g/mol. The van der Waals surface area contributed by atoms with Crippen molar-refractivity contribution in [2.75, 3.05) is 26.8 Å². The van der Waals surface area contributed by atoms with Crippen LogP contribution in [0.15, 0.2) is 0 Å². The molecule has 0 aromatic heterocycles. The highest BCUT2D eigenvalue weighted by Crippen LogP contribution is 2.32. The Morgan fingerprint density at radius 1 is 1.56 bits per heavy atom. The topological polar surface area (TPSA) is 61.8 Å². The highest BCUT2D eigenvalue weighted by molar-refractivity contribution is 5.79. The molecule has 5 heteroatoms. The van der Waals surface area contributed by atoms with Crippen LogP contribution >= 0.6 is 0 Å². The lowest BCUT2D eigenvalue weighted by Crippen LogP contribution is -2.59. The number of ether oxygens (including phenoxy) is 1. The molecule has 2 aliphatic rings. The van der Waals surface area contributed by atoms with Crippen molar-refractivity contribution in [2.24, 2.45) is 0 Å². The zero-order valence-electron chi connectivity index (χ0n) is 11.3. The van der Waals surface area contributed by atoms with E-state index in [9.17, 15) is 9.90 Å². The van der Waals surface area contributed by atoms with Gasteiger partial charge < -0.3 is 15.2 Å². The first-order chi connectivity index (χ1) is 8.59. The lowest BCUT2D eigenvalue weighted by atomic mass is 9.78. The van der Waals surface area contributed by atoms with Gasteiger partial charge in [-0.25, -0.2) is 0 Å². The Balaban J connectivity index is 2.07. The van der Waals surface area contributed by atoms with E-state index in [0.29, 0.717) is 18.5 Å². The van der Waals surface area contributed by atoms with E-state index >= 15 is 0 Å². The summed E-state index contributed by atoms with van der Waals surface area (Å²) in [5, 5.41) is 12.5. The molecule has 3 atom stereocenters. The molecule has 0 aromatic carbocycles. The number of nitrogens with one attached hydrogen (secondary N) is 1. The quantitative estimate of drug-likeness (QED) is 0.778. The van der Waals surface area contributed by atoms with Gasteiger partial charge in [0.05, 0.1) is 13.2 Å². The summed E-state index contributed by atoms with van der Waals surface area (Å²) in [6.45, 7) is 4.61.